The zero-order valence-electron chi connectivity index (χ0n) is 17.6. The van der Waals surface area contributed by atoms with Crippen LogP contribution in [0.4, 0.5) is 4.39 Å². The van der Waals surface area contributed by atoms with E-state index in [1.807, 2.05) is 16.7 Å². The zero-order chi connectivity index (χ0) is 22.4. The lowest BCUT2D eigenvalue weighted by atomic mass is 9.91. The van der Waals surface area contributed by atoms with Gasteiger partial charge in [-0.25, -0.2) is 14.2 Å². The van der Waals surface area contributed by atoms with Crippen molar-refractivity contribution in [2.45, 2.75) is 44.3 Å². The largest absolute Gasteiger partial charge is 0.494 e. The molecule has 0 saturated heterocycles. The van der Waals surface area contributed by atoms with Crippen LogP contribution in [0.25, 0.3) is 22.1 Å². The predicted molar refractivity (Wildman–Crippen MR) is 125 cm³/mol. The summed E-state index contributed by atoms with van der Waals surface area (Å²) in [4.78, 5) is 23.0. The van der Waals surface area contributed by atoms with Crippen LogP contribution >= 0.6 is 15.9 Å². The van der Waals surface area contributed by atoms with Crippen molar-refractivity contribution in [2.24, 2.45) is 5.73 Å². The van der Waals surface area contributed by atoms with Gasteiger partial charge in [-0.2, -0.15) is 0 Å². The molecule has 0 atom stereocenters. The number of methoxy groups -OCH3 is 1. The minimum atomic E-state index is -0.468. The summed E-state index contributed by atoms with van der Waals surface area (Å²) in [5, 5.41) is 0.842. The van der Waals surface area contributed by atoms with Crippen LogP contribution < -0.4 is 16.2 Å². The monoisotopic (exact) mass is 499 g/mol. The molecule has 0 unspecified atom stereocenters. The molecule has 0 radical (unpaired) electrons. The maximum atomic E-state index is 14.3. The summed E-state index contributed by atoms with van der Waals surface area (Å²) in [6.07, 6.45) is 5.09. The number of imidazole rings is 1. The molecular formula is C23H23BrFN5O2. The summed E-state index contributed by atoms with van der Waals surface area (Å²) in [6.45, 7) is 0.188. The number of halogens is 2. The number of aromatic nitrogens is 4. The number of fused-ring (bicyclic) bond motifs is 3. The number of benzene rings is 1. The fourth-order valence-corrected chi connectivity index (χ4v) is 5.12. The van der Waals surface area contributed by atoms with Gasteiger partial charge < -0.3 is 10.5 Å². The van der Waals surface area contributed by atoms with Gasteiger partial charge in [0.05, 0.1) is 13.7 Å². The first-order valence-electron chi connectivity index (χ1n) is 10.6. The molecular weight excluding hydrogens is 477 g/mol. The molecule has 4 aromatic rings. The average Bonchev–Trinajstić information content (AvgIpc) is 3.06. The Bertz CT molecular complexity index is 1370. The lowest BCUT2D eigenvalue weighted by Crippen LogP contribution is -2.33. The van der Waals surface area contributed by atoms with E-state index in [9.17, 15) is 9.18 Å². The number of nitrogens with two attached hydrogens (primary N) is 1. The minimum absolute atomic E-state index is 0.0202. The molecule has 0 bridgehead atoms. The van der Waals surface area contributed by atoms with Crippen molar-refractivity contribution in [3.8, 4) is 5.75 Å². The third-order valence-electron chi connectivity index (χ3n) is 6.27. The van der Waals surface area contributed by atoms with E-state index < -0.39 is 5.82 Å². The Morgan fingerprint density at radius 2 is 2.03 bits per heavy atom. The van der Waals surface area contributed by atoms with E-state index in [0.717, 1.165) is 36.6 Å². The molecule has 0 amide bonds. The Labute approximate surface area is 192 Å². The van der Waals surface area contributed by atoms with Crippen LogP contribution in [-0.4, -0.2) is 32.3 Å². The van der Waals surface area contributed by atoms with Crippen LogP contribution in [-0.2, 0) is 6.54 Å². The van der Waals surface area contributed by atoms with Gasteiger partial charge in [-0.3, -0.25) is 14.1 Å². The number of hydrogen-bond donors (Lipinski definition) is 1. The molecule has 1 fully saturated rings. The van der Waals surface area contributed by atoms with Crippen LogP contribution in [0.1, 0.15) is 37.3 Å². The Morgan fingerprint density at radius 1 is 1.25 bits per heavy atom. The van der Waals surface area contributed by atoms with E-state index in [1.165, 1.54) is 13.2 Å². The SMILES string of the molecule is COc1ccc(Cn2c(=O)n(C3CCC(N)CC3)c3c4ncccc4c(Br)nc32)cc1F. The highest BCUT2D eigenvalue weighted by Crippen LogP contribution is 2.34. The summed E-state index contributed by atoms with van der Waals surface area (Å²) in [5.74, 6) is -0.303. The van der Waals surface area contributed by atoms with Crippen molar-refractivity contribution in [1.29, 1.82) is 0 Å². The lowest BCUT2D eigenvalue weighted by molar-refractivity contribution is 0.322. The topological polar surface area (TPSA) is 88.0 Å². The van der Waals surface area contributed by atoms with Crippen molar-refractivity contribution >= 4 is 38.0 Å². The summed E-state index contributed by atoms with van der Waals surface area (Å²) in [6, 6.07) is 8.68. The third kappa shape index (κ3) is 3.49. The molecule has 166 valence electrons. The van der Waals surface area contributed by atoms with E-state index in [0.29, 0.717) is 21.3 Å². The van der Waals surface area contributed by atoms with Crippen molar-refractivity contribution in [3.63, 3.8) is 0 Å². The van der Waals surface area contributed by atoms with Gasteiger partial charge in [-0.1, -0.05) is 6.07 Å². The maximum Gasteiger partial charge on any atom is 0.330 e. The van der Waals surface area contributed by atoms with Crippen LogP contribution in [0.5, 0.6) is 5.75 Å². The van der Waals surface area contributed by atoms with E-state index in [-0.39, 0.29) is 30.1 Å². The second-order valence-electron chi connectivity index (χ2n) is 8.25. The molecule has 2 N–H and O–H groups in total. The van der Waals surface area contributed by atoms with Crippen molar-refractivity contribution < 1.29 is 9.13 Å². The van der Waals surface area contributed by atoms with Gasteiger partial charge in [0.15, 0.2) is 17.2 Å². The van der Waals surface area contributed by atoms with E-state index in [1.54, 1.807) is 22.9 Å². The van der Waals surface area contributed by atoms with E-state index >= 15 is 0 Å². The van der Waals surface area contributed by atoms with Gasteiger partial charge in [-0.15, -0.1) is 0 Å². The van der Waals surface area contributed by atoms with Crippen LogP contribution in [0.3, 0.4) is 0 Å². The van der Waals surface area contributed by atoms with Crippen molar-refractivity contribution in [2.75, 3.05) is 7.11 Å². The fourth-order valence-electron chi connectivity index (χ4n) is 4.63. The van der Waals surface area contributed by atoms with Gasteiger partial charge in [0.25, 0.3) is 0 Å². The average molecular weight is 500 g/mol. The predicted octanol–water partition coefficient (Wildman–Crippen LogP) is 4.15. The number of pyridine rings is 2. The van der Waals surface area contributed by atoms with Crippen LogP contribution in [0, 0.1) is 5.82 Å². The van der Waals surface area contributed by atoms with Crippen LogP contribution in [0.2, 0.25) is 0 Å². The number of ether oxygens (including phenoxy) is 1. The second kappa shape index (κ2) is 8.29. The molecule has 0 aliphatic heterocycles. The Kier molecular flexibility index (Phi) is 5.46. The Hall–Kier alpha value is -2.78. The summed E-state index contributed by atoms with van der Waals surface area (Å²) in [5.41, 5.74) is 8.54. The Balaban J connectivity index is 1.73. The maximum absolute atomic E-state index is 14.3. The molecule has 1 aromatic carbocycles. The molecule has 7 nitrogen and oxygen atoms in total. The second-order valence-corrected chi connectivity index (χ2v) is 9.00. The molecule has 3 heterocycles. The van der Waals surface area contributed by atoms with Gasteiger partial charge in [0, 0.05) is 23.7 Å². The van der Waals surface area contributed by atoms with Crippen LogP contribution in [0.15, 0.2) is 45.9 Å². The summed E-state index contributed by atoms with van der Waals surface area (Å²) in [7, 11) is 1.42. The van der Waals surface area contributed by atoms with Gasteiger partial charge in [0.2, 0.25) is 0 Å². The normalized spacial score (nSPS) is 19.0. The number of rotatable bonds is 4. The molecule has 32 heavy (non-hydrogen) atoms. The minimum Gasteiger partial charge on any atom is -0.494 e. The summed E-state index contributed by atoms with van der Waals surface area (Å²) < 4.78 is 23.4. The summed E-state index contributed by atoms with van der Waals surface area (Å²) >= 11 is 3.54. The molecule has 9 heteroatoms. The van der Waals surface area contributed by atoms with E-state index in [4.69, 9.17) is 15.5 Å². The van der Waals surface area contributed by atoms with Crippen molar-refractivity contribution in [3.05, 3.63) is 63.0 Å². The molecule has 1 saturated carbocycles. The number of nitrogens with zero attached hydrogens (tertiary/aromatic N) is 4. The third-order valence-corrected chi connectivity index (χ3v) is 6.87. The Morgan fingerprint density at radius 3 is 2.75 bits per heavy atom. The molecule has 1 aliphatic carbocycles. The standard InChI is InChI=1S/C23H23BrFN5O2/c1-32-18-9-4-13(11-17(18)25)12-29-22-20(19-16(21(24)28-22)3-2-10-27-19)30(23(29)31)15-7-5-14(26)6-8-15/h2-4,9-11,14-15H,5-8,12,26H2,1H3. The van der Waals surface area contributed by atoms with Crippen molar-refractivity contribution in [1.82, 2.24) is 19.1 Å². The number of hydrogen-bond acceptors (Lipinski definition) is 5. The molecule has 5 rings (SSSR count). The fraction of sp³-hybridized carbons (Fsp3) is 0.348. The highest BCUT2D eigenvalue weighted by Gasteiger charge is 2.27. The smallest absolute Gasteiger partial charge is 0.330 e. The first kappa shape index (κ1) is 21.1. The zero-order valence-corrected chi connectivity index (χ0v) is 19.2. The first-order valence-corrected chi connectivity index (χ1v) is 11.4. The van der Waals surface area contributed by atoms with E-state index in [2.05, 4.69) is 20.9 Å². The molecule has 1 aliphatic rings. The highest BCUT2D eigenvalue weighted by atomic mass is 79.9. The van der Waals surface area contributed by atoms with Gasteiger partial charge in [-0.05, 0) is 71.4 Å². The molecule has 0 spiro atoms. The quantitative estimate of drug-likeness (QED) is 0.426. The lowest BCUT2D eigenvalue weighted by Gasteiger charge is -2.27. The molecule has 3 aromatic heterocycles. The highest BCUT2D eigenvalue weighted by molar-refractivity contribution is 9.10. The van der Waals surface area contributed by atoms with Gasteiger partial charge >= 0.3 is 5.69 Å². The van der Waals surface area contributed by atoms with Gasteiger partial charge in [0.1, 0.15) is 15.6 Å². The first-order chi connectivity index (χ1) is 15.5.